The summed E-state index contributed by atoms with van der Waals surface area (Å²) < 4.78 is 63.7. The molecule has 1 saturated heterocycles. The molecular weight excluding hydrogens is 803 g/mol. The van der Waals surface area contributed by atoms with Gasteiger partial charge >= 0.3 is 6.61 Å². The molecule has 2 aliphatic heterocycles. The molecule has 1 fully saturated rings. The van der Waals surface area contributed by atoms with E-state index >= 15 is 0 Å². The van der Waals surface area contributed by atoms with Gasteiger partial charge in [-0.1, -0.05) is 78.3 Å². The number of nitrogen functional groups attached to an aromatic ring is 1. The van der Waals surface area contributed by atoms with Crippen molar-refractivity contribution < 1.29 is 31.5 Å². The third kappa shape index (κ3) is 9.41. The monoisotopic (exact) mass is 840 g/mol. The Hall–Kier alpha value is -6.63. The molecule has 3 aromatic carbocycles. The molecule has 0 atom stereocenters. The zero-order valence-electron chi connectivity index (χ0n) is 31.5. The van der Waals surface area contributed by atoms with Crippen molar-refractivity contribution in [3.05, 3.63) is 149 Å². The minimum Gasteiger partial charge on any atom is -0.435 e. The number of aryl methyl sites for hydroxylation is 1. The quantitative estimate of drug-likeness (QED) is 0.129. The number of benzene rings is 3. The molecule has 0 aliphatic carbocycles. The number of pyridine rings is 2. The number of nitrogens with zero attached hydrogens (tertiary/aromatic N) is 5. The summed E-state index contributed by atoms with van der Waals surface area (Å²) in [6, 6.07) is 30.5. The molecule has 0 unspecified atom stereocenters. The van der Waals surface area contributed by atoms with E-state index in [-0.39, 0.29) is 34.3 Å². The number of ether oxygens (including phenoxy) is 2. The second kappa shape index (κ2) is 17.9. The maximum absolute atomic E-state index is 13.4. The minimum absolute atomic E-state index is 0.0360. The number of aromatic nitrogens is 3. The fourth-order valence-electron chi connectivity index (χ4n) is 6.24. The van der Waals surface area contributed by atoms with Crippen LogP contribution in [0.25, 0.3) is 15.3 Å². The van der Waals surface area contributed by atoms with Gasteiger partial charge in [0.05, 0.1) is 36.5 Å². The van der Waals surface area contributed by atoms with Crippen LogP contribution in [0.4, 0.5) is 37.5 Å². The lowest BCUT2D eigenvalue weighted by Gasteiger charge is -2.27. The van der Waals surface area contributed by atoms with E-state index in [4.69, 9.17) is 10.5 Å². The van der Waals surface area contributed by atoms with Crippen molar-refractivity contribution in [2.24, 2.45) is 7.05 Å². The number of sulfonamides is 1. The van der Waals surface area contributed by atoms with Crippen LogP contribution in [0.2, 0.25) is 0 Å². The van der Waals surface area contributed by atoms with Crippen LogP contribution >= 0.6 is 11.5 Å². The second-order valence-corrected chi connectivity index (χ2v) is 16.0. The lowest BCUT2D eigenvalue weighted by molar-refractivity contribution is -0.122. The van der Waals surface area contributed by atoms with Gasteiger partial charge in [-0.25, -0.2) is 22.7 Å². The third-order valence-corrected chi connectivity index (χ3v) is 12.0. The fourth-order valence-corrected chi connectivity index (χ4v) is 8.84. The highest BCUT2D eigenvalue weighted by Gasteiger charge is 2.44. The summed E-state index contributed by atoms with van der Waals surface area (Å²) in [5, 5.41) is 6.09. The predicted octanol–water partition coefficient (Wildman–Crippen LogP) is 6.51. The number of alkyl halides is 2. The first-order chi connectivity index (χ1) is 28.5. The van der Waals surface area contributed by atoms with E-state index in [1.165, 1.54) is 48.1 Å². The first kappa shape index (κ1) is 40.6. The number of hydrogen-bond acceptors (Lipinski definition) is 13. The van der Waals surface area contributed by atoms with E-state index in [1.807, 2.05) is 42.5 Å². The van der Waals surface area contributed by atoms with E-state index in [0.29, 0.717) is 22.5 Å². The smallest absolute Gasteiger partial charge is 0.387 e. The maximum Gasteiger partial charge on any atom is 0.387 e. The average molecular weight is 841 g/mol. The average Bonchev–Trinajstić information content (AvgIpc) is 3.63. The summed E-state index contributed by atoms with van der Waals surface area (Å²) in [6.07, 6.45) is 3.17. The van der Waals surface area contributed by atoms with Gasteiger partial charge in [0.25, 0.3) is 21.5 Å². The first-order valence-corrected chi connectivity index (χ1v) is 20.4. The molecule has 6 aromatic rings. The second-order valence-electron chi connectivity index (χ2n) is 13.1. The minimum atomic E-state index is -4.21. The van der Waals surface area contributed by atoms with Gasteiger partial charge in [-0.3, -0.25) is 13.5 Å². The van der Waals surface area contributed by atoms with E-state index in [1.54, 1.807) is 53.6 Å². The molecule has 304 valence electrons. The van der Waals surface area contributed by atoms with Gasteiger partial charge < -0.3 is 30.7 Å². The number of rotatable bonds is 11. The van der Waals surface area contributed by atoms with Crippen molar-refractivity contribution in [2.75, 3.05) is 47.6 Å². The molecule has 2 aliphatic rings. The number of hydrogen-bond donors (Lipinski definition) is 3. The largest absolute Gasteiger partial charge is 0.435 e. The zero-order valence-corrected chi connectivity index (χ0v) is 33.1. The lowest BCUT2D eigenvalue weighted by Crippen LogP contribution is -2.36. The van der Waals surface area contributed by atoms with E-state index in [2.05, 4.69) is 30.2 Å². The Bertz CT molecular complexity index is 2590. The van der Waals surface area contributed by atoms with Crippen LogP contribution < -0.4 is 31.6 Å². The van der Waals surface area contributed by atoms with Crippen molar-refractivity contribution in [1.29, 1.82) is 0 Å². The van der Waals surface area contributed by atoms with Gasteiger partial charge in [0, 0.05) is 32.0 Å². The van der Waals surface area contributed by atoms with Crippen LogP contribution in [0.1, 0.15) is 11.1 Å². The van der Waals surface area contributed by atoms with Crippen molar-refractivity contribution in [3.63, 3.8) is 0 Å². The first-order valence-electron chi connectivity index (χ1n) is 18.2. The molecule has 59 heavy (non-hydrogen) atoms. The molecule has 3 aromatic heterocycles. The maximum atomic E-state index is 13.4. The summed E-state index contributed by atoms with van der Waals surface area (Å²) in [6.45, 7) is -0.0577. The van der Waals surface area contributed by atoms with Crippen LogP contribution in [-0.2, 0) is 33.1 Å². The van der Waals surface area contributed by atoms with Gasteiger partial charge in [-0.15, -0.1) is 0 Å². The molecule has 18 heteroatoms. The van der Waals surface area contributed by atoms with Gasteiger partial charge in [0.1, 0.15) is 33.7 Å². The number of nitrogens with two attached hydrogens (primary N) is 1. The van der Waals surface area contributed by atoms with E-state index in [9.17, 15) is 26.8 Å². The van der Waals surface area contributed by atoms with E-state index in [0.717, 1.165) is 52.6 Å². The van der Waals surface area contributed by atoms with Crippen molar-refractivity contribution in [1.82, 2.24) is 18.2 Å². The number of morpholine rings is 1. The van der Waals surface area contributed by atoms with Crippen LogP contribution in [-0.4, -0.2) is 65.5 Å². The Labute approximate surface area is 342 Å². The van der Waals surface area contributed by atoms with Gasteiger partial charge in [-0.2, -0.15) is 8.78 Å². The molecular formula is C41H38F2N8O6S2. The van der Waals surface area contributed by atoms with Gasteiger partial charge in [0.15, 0.2) is 0 Å². The Morgan fingerprint density at radius 2 is 1.49 bits per heavy atom. The predicted molar refractivity (Wildman–Crippen MR) is 224 cm³/mol. The molecule has 0 spiro atoms. The summed E-state index contributed by atoms with van der Waals surface area (Å²) in [5.41, 5.74) is 8.91. The van der Waals surface area contributed by atoms with Gasteiger partial charge in [0.2, 0.25) is 0 Å². The molecule has 5 heterocycles. The van der Waals surface area contributed by atoms with Crippen LogP contribution in [0.3, 0.4) is 0 Å². The highest BCUT2D eigenvalue weighted by Crippen LogP contribution is 2.37. The Balaban J connectivity index is 0.000000184. The summed E-state index contributed by atoms with van der Waals surface area (Å²) >= 11 is 1.44. The van der Waals surface area contributed by atoms with Crippen molar-refractivity contribution >= 4 is 61.1 Å². The third-order valence-electron chi connectivity index (χ3n) is 9.12. The summed E-state index contributed by atoms with van der Waals surface area (Å²) in [5.74, 6) is 0.355. The fraction of sp³-hybridized carbons (Fsp3) is 0.171. The van der Waals surface area contributed by atoms with Crippen LogP contribution in [0.15, 0.2) is 132 Å². The molecule has 0 radical (unpaired) electrons. The Morgan fingerprint density at radius 3 is 2.10 bits per heavy atom. The topological polar surface area (TPSA) is 174 Å². The molecule has 0 bridgehead atoms. The van der Waals surface area contributed by atoms with Crippen molar-refractivity contribution in [2.45, 2.75) is 13.2 Å². The highest BCUT2D eigenvalue weighted by molar-refractivity contribution is 7.99. The summed E-state index contributed by atoms with van der Waals surface area (Å²) in [4.78, 5) is 37.2. The number of anilines is 5. The number of carbonyl (C=O) groups is 1. The number of nitrogens with one attached hydrogen (secondary N) is 2. The molecule has 14 nitrogen and oxygen atoms in total. The van der Waals surface area contributed by atoms with E-state index < -0.39 is 22.5 Å². The normalized spacial score (nSPS) is 14.9. The lowest BCUT2D eigenvalue weighted by atomic mass is 10.1. The molecule has 8 rings (SSSR count). The molecule has 1 amide bonds. The Kier molecular flexibility index (Phi) is 12.3. The number of halogens is 2. The highest BCUT2D eigenvalue weighted by atomic mass is 32.2. The van der Waals surface area contributed by atoms with Gasteiger partial charge in [-0.05, 0) is 59.2 Å². The number of carbonyl (C=O) groups excluding carboxylic acids is 1. The van der Waals surface area contributed by atoms with Crippen molar-refractivity contribution in [3.8, 4) is 16.2 Å². The standard InChI is InChI=1S/C22H18F2N4O4S.C19H20N4O2S/c23-22(24)32-17-9-7-16(8-10-17)27-19-20(15-4-2-1-3-5-15)33(30,31)28(21(19)29)13-14-6-11-18(25)26-12-14;1-22-19(24)17(18(26-22)14-5-3-2-4-6-14)21-15-7-8-16(20-13-15)23-9-11-25-12-10-23/h1-12,22,27H,13H2,(H2,25,26);2-8,13,21H,9-12H2,1H3. The Morgan fingerprint density at radius 1 is 0.831 bits per heavy atom. The molecule has 4 N–H and O–H groups in total. The number of amides is 1. The molecule has 0 saturated carbocycles. The SMILES string of the molecule is Cn1sc(-c2ccccc2)c(Nc2ccc(N3CCOCC3)nc2)c1=O.Nc1ccc(CN2C(=O)C(Nc3ccc(OC(F)F)cc3)=C(c3ccccc3)S2(=O)=O)cn1. The van der Waals surface area contributed by atoms with Crippen LogP contribution in [0, 0.1) is 0 Å². The van der Waals surface area contributed by atoms with Crippen LogP contribution in [0.5, 0.6) is 5.75 Å². The summed E-state index contributed by atoms with van der Waals surface area (Å²) in [7, 11) is -2.43. The zero-order chi connectivity index (χ0) is 41.5.